The van der Waals surface area contributed by atoms with Crippen LogP contribution in [0.4, 0.5) is 0 Å². The van der Waals surface area contributed by atoms with Gasteiger partial charge in [0.1, 0.15) is 0 Å². The number of rotatable bonds is 5. The van der Waals surface area contributed by atoms with Gasteiger partial charge in [0.05, 0.1) is 6.54 Å². The quantitative estimate of drug-likeness (QED) is 0.795. The molecule has 0 bridgehead atoms. The molecule has 1 N–H and O–H groups in total. The number of ether oxygens (including phenoxy) is 1. The molecule has 29 heavy (non-hydrogen) atoms. The Kier molecular flexibility index (Phi) is 6.00. The summed E-state index contributed by atoms with van der Waals surface area (Å²) in [5.74, 6) is 1.04. The molecule has 0 aliphatic carbocycles. The summed E-state index contributed by atoms with van der Waals surface area (Å²) in [4.78, 5) is 15.4. The van der Waals surface area contributed by atoms with Gasteiger partial charge in [-0.1, -0.05) is 44.2 Å². The van der Waals surface area contributed by atoms with Crippen molar-refractivity contribution in [1.82, 2.24) is 10.2 Å². The molecule has 2 aromatic rings. The van der Waals surface area contributed by atoms with Crippen molar-refractivity contribution in [3.63, 3.8) is 0 Å². The maximum Gasteiger partial charge on any atom is 0.256 e. The third-order valence-corrected chi connectivity index (χ3v) is 5.90. The van der Waals surface area contributed by atoms with E-state index in [0.717, 1.165) is 61.2 Å². The standard InChI is InChI=1S/C25H30N2O2/c1-18(2)21-9-10-24(23-8-4-3-7-22(21)23)25(28)26-20-6-5-13-27(17-20)16-19-11-14-29-15-12-19/h3-10,13,18-19H,11-12,14-17H2,1-2H3,(H,26,28). The molecule has 2 heterocycles. The Hall–Kier alpha value is -2.59. The van der Waals surface area contributed by atoms with E-state index < -0.39 is 0 Å². The van der Waals surface area contributed by atoms with Crippen molar-refractivity contribution in [2.45, 2.75) is 32.6 Å². The minimum atomic E-state index is -0.0379. The predicted molar refractivity (Wildman–Crippen MR) is 118 cm³/mol. The smallest absolute Gasteiger partial charge is 0.256 e. The first-order valence-electron chi connectivity index (χ1n) is 10.6. The number of amides is 1. The summed E-state index contributed by atoms with van der Waals surface area (Å²) in [6, 6.07) is 12.3. The predicted octanol–water partition coefficient (Wildman–Crippen LogP) is 4.83. The molecule has 2 aliphatic rings. The van der Waals surface area contributed by atoms with Crippen molar-refractivity contribution in [1.29, 1.82) is 0 Å². The molecule has 1 amide bonds. The molecule has 4 rings (SSSR count). The van der Waals surface area contributed by atoms with Crippen LogP contribution in [-0.2, 0) is 4.74 Å². The first-order chi connectivity index (χ1) is 14.1. The minimum Gasteiger partial charge on any atom is -0.381 e. The number of benzene rings is 2. The van der Waals surface area contributed by atoms with Crippen LogP contribution in [-0.4, -0.2) is 37.1 Å². The average molecular weight is 391 g/mol. The molecule has 0 aromatic heterocycles. The number of fused-ring (bicyclic) bond motifs is 1. The van der Waals surface area contributed by atoms with E-state index in [2.05, 4.69) is 42.4 Å². The van der Waals surface area contributed by atoms with Gasteiger partial charge < -0.3 is 15.0 Å². The van der Waals surface area contributed by atoms with E-state index in [1.54, 1.807) is 0 Å². The van der Waals surface area contributed by atoms with E-state index in [1.165, 1.54) is 5.56 Å². The maximum absolute atomic E-state index is 13.1. The zero-order chi connectivity index (χ0) is 20.2. The first kappa shape index (κ1) is 19.7. The number of hydrogen-bond acceptors (Lipinski definition) is 3. The molecule has 0 unspecified atom stereocenters. The lowest BCUT2D eigenvalue weighted by Gasteiger charge is -2.31. The Bertz CT molecular complexity index is 939. The lowest BCUT2D eigenvalue weighted by atomic mass is 9.93. The van der Waals surface area contributed by atoms with E-state index in [9.17, 15) is 4.79 Å². The van der Waals surface area contributed by atoms with Gasteiger partial charge in [-0.3, -0.25) is 4.79 Å². The fourth-order valence-corrected chi connectivity index (χ4v) is 4.31. The van der Waals surface area contributed by atoms with Crippen LogP contribution in [0.1, 0.15) is 48.5 Å². The lowest BCUT2D eigenvalue weighted by Crippen LogP contribution is -2.35. The summed E-state index contributed by atoms with van der Waals surface area (Å²) in [5, 5.41) is 5.32. The Balaban J connectivity index is 1.47. The van der Waals surface area contributed by atoms with Crippen LogP contribution < -0.4 is 5.32 Å². The second-order valence-corrected chi connectivity index (χ2v) is 8.38. The van der Waals surface area contributed by atoms with Crippen LogP contribution in [0.3, 0.4) is 0 Å². The number of nitrogens with zero attached hydrogens (tertiary/aromatic N) is 1. The van der Waals surface area contributed by atoms with Gasteiger partial charge in [-0.15, -0.1) is 0 Å². The third-order valence-electron chi connectivity index (χ3n) is 5.90. The van der Waals surface area contributed by atoms with E-state index in [4.69, 9.17) is 4.74 Å². The third kappa shape index (κ3) is 4.54. The van der Waals surface area contributed by atoms with Crippen molar-refractivity contribution in [3.8, 4) is 0 Å². The van der Waals surface area contributed by atoms with Crippen molar-refractivity contribution in [2.24, 2.45) is 5.92 Å². The first-order valence-corrected chi connectivity index (χ1v) is 10.6. The normalized spacial score (nSPS) is 17.6. The fourth-order valence-electron chi connectivity index (χ4n) is 4.31. The number of carbonyl (C=O) groups excluding carboxylic acids is 1. The van der Waals surface area contributed by atoms with Crippen LogP contribution in [0.2, 0.25) is 0 Å². The van der Waals surface area contributed by atoms with E-state index in [-0.39, 0.29) is 5.91 Å². The van der Waals surface area contributed by atoms with Crippen molar-refractivity contribution in [2.75, 3.05) is 26.3 Å². The Morgan fingerprint density at radius 3 is 2.66 bits per heavy atom. The second kappa shape index (κ2) is 8.83. The largest absolute Gasteiger partial charge is 0.381 e. The van der Waals surface area contributed by atoms with Crippen LogP contribution >= 0.6 is 0 Å². The van der Waals surface area contributed by atoms with E-state index in [1.807, 2.05) is 36.4 Å². The summed E-state index contributed by atoms with van der Waals surface area (Å²) >= 11 is 0. The van der Waals surface area contributed by atoms with Gasteiger partial charge in [0.2, 0.25) is 0 Å². The van der Waals surface area contributed by atoms with Crippen molar-refractivity contribution < 1.29 is 9.53 Å². The summed E-state index contributed by atoms with van der Waals surface area (Å²) in [5.41, 5.74) is 2.96. The van der Waals surface area contributed by atoms with Crippen molar-refractivity contribution in [3.05, 3.63) is 71.6 Å². The molecule has 0 saturated carbocycles. The number of allylic oxidation sites excluding steroid dienone is 2. The molecular weight excluding hydrogens is 360 g/mol. The topological polar surface area (TPSA) is 41.6 Å². The molecule has 2 aromatic carbocycles. The second-order valence-electron chi connectivity index (χ2n) is 8.38. The average Bonchev–Trinajstić information content (AvgIpc) is 2.73. The highest BCUT2D eigenvalue weighted by Crippen LogP contribution is 2.28. The van der Waals surface area contributed by atoms with Gasteiger partial charge >= 0.3 is 0 Å². The Morgan fingerprint density at radius 2 is 1.90 bits per heavy atom. The van der Waals surface area contributed by atoms with Gasteiger partial charge in [-0.05, 0) is 65.4 Å². The Labute approximate surface area is 173 Å². The van der Waals surface area contributed by atoms with Gasteiger partial charge in [0.15, 0.2) is 0 Å². The Morgan fingerprint density at radius 1 is 1.14 bits per heavy atom. The molecule has 0 radical (unpaired) electrons. The molecule has 2 aliphatic heterocycles. The van der Waals surface area contributed by atoms with E-state index >= 15 is 0 Å². The van der Waals surface area contributed by atoms with Crippen LogP contribution in [0.25, 0.3) is 10.8 Å². The molecular formula is C25H30N2O2. The minimum absolute atomic E-state index is 0.0379. The van der Waals surface area contributed by atoms with Crippen LogP contribution in [0, 0.1) is 5.92 Å². The zero-order valence-electron chi connectivity index (χ0n) is 17.4. The number of hydrogen-bond donors (Lipinski definition) is 1. The van der Waals surface area contributed by atoms with Gasteiger partial charge in [0, 0.05) is 31.0 Å². The van der Waals surface area contributed by atoms with Gasteiger partial charge in [0.25, 0.3) is 5.91 Å². The van der Waals surface area contributed by atoms with Crippen LogP contribution in [0.5, 0.6) is 0 Å². The summed E-state index contributed by atoms with van der Waals surface area (Å²) < 4.78 is 5.46. The van der Waals surface area contributed by atoms with Crippen LogP contribution in [0.15, 0.2) is 60.4 Å². The lowest BCUT2D eigenvalue weighted by molar-refractivity contribution is 0.0583. The van der Waals surface area contributed by atoms with Gasteiger partial charge in [-0.25, -0.2) is 0 Å². The zero-order valence-corrected chi connectivity index (χ0v) is 17.4. The maximum atomic E-state index is 13.1. The highest BCUT2D eigenvalue weighted by Gasteiger charge is 2.19. The monoisotopic (exact) mass is 390 g/mol. The molecule has 152 valence electrons. The molecule has 1 saturated heterocycles. The molecule has 4 heteroatoms. The van der Waals surface area contributed by atoms with E-state index in [0.29, 0.717) is 11.8 Å². The summed E-state index contributed by atoms with van der Waals surface area (Å²) in [6.45, 7) is 7.85. The fraction of sp³-hybridized carbons (Fsp3) is 0.400. The summed E-state index contributed by atoms with van der Waals surface area (Å²) in [7, 11) is 0. The molecule has 1 fully saturated rings. The van der Waals surface area contributed by atoms with Crippen molar-refractivity contribution >= 4 is 16.7 Å². The highest BCUT2D eigenvalue weighted by molar-refractivity contribution is 6.08. The molecule has 0 spiro atoms. The SMILES string of the molecule is CC(C)c1ccc(C(=O)NC2=CC=CN(CC3CCOCC3)C2)c2ccccc12. The highest BCUT2D eigenvalue weighted by atomic mass is 16.5. The molecule has 0 atom stereocenters. The number of nitrogens with one attached hydrogen (secondary N) is 1. The number of carbonyl (C=O) groups is 1. The van der Waals surface area contributed by atoms with Gasteiger partial charge in [-0.2, -0.15) is 0 Å². The molecule has 4 nitrogen and oxygen atoms in total. The summed E-state index contributed by atoms with van der Waals surface area (Å²) in [6.07, 6.45) is 8.38.